The van der Waals surface area contributed by atoms with Crippen molar-refractivity contribution in [1.82, 2.24) is 0 Å². The Morgan fingerprint density at radius 1 is 1.38 bits per heavy atom. The molecular weight excluding hydrogens is 313 g/mol. The highest BCUT2D eigenvalue weighted by molar-refractivity contribution is 7.92. The summed E-state index contributed by atoms with van der Waals surface area (Å²) in [5.41, 5.74) is -6.26. The van der Waals surface area contributed by atoms with Crippen molar-refractivity contribution in [2.45, 2.75) is 36.7 Å². The van der Waals surface area contributed by atoms with Crippen LogP contribution in [0.2, 0.25) is 0 Å². The Kier molecular flexibility index (Phi) is 4.82. The highest BCUT2D eigenvalue weighted by atomic mass is 32.2. The van der Waals surface area contributed by atoms with Gasteiger partial charge in [-0.05, 0) is 25.5 Å². The van der Waals surface area contributed by atoms with Gasteiger partial charge in [0.2, 0.25) is 0 Å². The Hall–Kier alpha value is -1.84. The van der Waals surface area contributed by atoms with Gasteiger partial charge in [0.1, 0.15) is 5.69 Å². The van der Waals surface area contributed by atoms with E-state index in [0.717, 1.165) is 6.07 Å². The number of hydrogen-bond acceptors (Lipinski definition) is 5. The largest absolute Gasteiger partial charge is 0.501 e. The number of nitrogens with one attached hydrogen (secondary N) is 1. The average Bonchev–Trinajstić information content (AvgIpc) is 2.37. The molecule has 1 aromatic rings. The van der Waals surface area contributed by atoms with Crippen LogP contribution in [0.15, 0.2) is 23.1 Å². The second-order valence-corrected chi connectivity index (χ2v) is 6.28. The van der Waals surface area contributed by atoms with Gasteiger partial charge in [0.25, 0.3) is 15.5 Å². The number of anilines is 1. The summed E-state index contributed by atoms with van der Waals surface area (Å²) in [4.78, 5) is 8.82. The van der Waals surface area contributed by atoms with Gasteiger partial charge in [0, 0.05) is 12.1 Å². The van der Waals surface area contributed by atoms with Gasteiger partial charge in [0.05, 0.1) is 9.82 Å². The van der Waals surface area contributed by atoms with Crippen molar-refractivity contribution < 1.29 is 26.5 Å². The van der Waals surface area contributed by atoms with E-state index in [2.05, 4.69) is 5.32 Å². The summed E-state index contributed by atoms with van der Waals surface area (Å²) in [6, 6.07) is 1.91. The average molecular weight is 326 g/mol. The molecular formula is C11H13F3N2O4S. The fourth-order valence-electron chi connectivity index (χ4n) is 1.45. The SMILES string of the molecule is CCC(C)Nc1ccc(S(=O)(=O)C(F)(F)F)cc1[N+](=O)[O-]. The lowest BCUT2D eigenvalue weighted by atomic mass is 10.2. The van der Waals surface area contributed by atoms with Gasteiger partial charge >= 0.3 is 5.51 Å². The number of benzene rings is 1. The molecule has 0 radical (unpaired) electrons. The summed E-state index contributed by atoms with van der Waals surface area (Å²) >= 11 is 0. The maximum Gasteiger partial charge on any atom is 0.501 e. The van der Waals surface area contributed by atoms with Crippen LogP contribution in [0, 0.1) is 10.1 Å². The maximum absolute atomic E-state index is 12.4. The monoisotopic (exact) mass is 326 g/mol. The molecule has 0 aromatic heterocycles. The topological polar surface area (TPSA) is 89.3 Å². The summed E-state index contributed by atoms with van der Waals surface area (Å²) in [5, 5.41) is 13.7. The zero-order valence-electron chi connectivity index (χ0n) is 11.1. The van der Waals surface area contributed by atoms with E-state index < -0.39 is 30.9 Å². The minimum absolute atomic E-state index is 0.0320. The Morgan fingerprint density at radius 3 is 2.38 bits per heavy atom. The van der Waals surface area contributed by atoms with Gasteiger partial charge in [-0.3, -0.25) is 10.1 Å². The van der Waals surface area contributed by atoms with E-state index in [1.165, 1.54) is 0 Å². The molecule has 0 aliphatic rings. The fraction of sp³-hybridized carbons (Fsp3) is 0.455. The second-order valence-electron chi connectivity index (χ2n) is 4.34. The van der Waals surface area contributed by atoms with Gasteiger partial charge in [-0.1, -0.05) is 6.92 Å². The van der Waals surface area contributed by atoms with Crippen LogP contribution in [-0.4, -0.2) is 24.9 Å². The minimum Gasteiger partial charge on any atom is -0.377 e. The molecule has 0 saturated carbocycles. The molecule has 21 heavy (non-hydrogen) atoms. The van der Waals surface area contributed by atoms with Crippen molar-refractivity contribution in [2.75, 3.05) is 5.32 Å². The number of halogens is 3. The Labute approximate surface area is 119 Å². The molecule has 6 nitrogen and oxygen atoms in total. The van der Waals surface area contributed by atoms with Crippen molar-refractivity contribution in [3.63, 3.8) is 0 Å². The normalized spacial score (nSPS) is 13.8. The smallest absolute Gasteiger partial charge is 0.377 e. The fourth-order valence-corrected chi connectivity index (χ4v) is 2.23. The van der Waals surface area contributed by atoms with Crippen LogP contribution in [0.25, 0.3) is 0 Å². The molecule has 0 bridgehead atoms. The van der Waals surface area contributed by atoms with Crippen LogP contribution >= 0.6 is 0 Å². The molecule has 0 saturated heterocycles. The first-order valence-corrected chi connectivity index (χ1v) is 7.35. The molecule has 0 aliphatic carbocycles. The van der Waals surface area contributed by atoms with Crippen molar-refractivity contribution in [3.05, 3.63) is 28.3 Å². The summed E-state index contributed by atoms with van der Waals surface area (Å²) in [5.74, 6) is 0. The number of alkyl halides is 3. The molecule has 10 heteroatoms. The molecule has 1 aromatic carbocycles. The molecule has 118 valence electrons. The van der Waals surface area contributed by atoms with Crippen LogP contribution < -0.4 is 5.32 Å². The highest BCUT2D eigenvalue weighted by Gasteiger charge is 2.47. The zero-order valence-corrected chi connectivity index (χ0v) is 12.0. The molecule has 1 atom stereocenters. The van der Waals surface area contributed by atoms with E-state index in [0.29, 0.717) is 18.6 Å². The summed E-state index contributed by atoms with van der Waals surface area (Å²) in [7, 11) is -5.62. The summed E-state index contributed by atoms with van der Waals surface area (Å²) in [6.45, 7) is 3.54. The van der Waals surface area contributed by atoms with Gasteiger partial charge in [0.15, 0.2) is 0 Å². The van der Waals surface area contributed by atoms with E-state index in [4.69, 9.17) is 0 Å². The summed E-state index contributed by atoms with van der Waals surface area (Å²) < 4.78 is 59.8. The van der Waals surface area contributed by atoms with E-state index in [1.807, 2.05) is 6.92 Å². The third-order valence-corrected chi connectivity index (χ3v) is 4.28. The minimum atomic E-state index is -5.62. The lowest BCUT2D eigenvalue weighted by Gasteiger charge is -2.14. The van der Waals surface area contributed by atoms with Gasteiger partial charge in [-0.25, -0.2) is 8.42 Å². The zero-order chi connectivity index (χ0) is 16.4. The molecule has 0 fully saturated rings. The molecule has 1 rings (SSSR count). The number of sulfone groups is 1. The van der Waals surface area contributed by atoms with Crippen molar-refractivity contribution >= 4 is 21.2 Å². The number of nitrogens with zero attached hydrogens (tertiary/aromatic N) is 1. The molecule has 0 amide bonds. The first-order valence-electron chi connectivity index (χ1n) is 5.87. The maximum atomic E-state index is 12.4. The van der Waals surface area contributed by atoms with Crippen molar-refractivity contribution in [3.8, 4) is 0 Å². The molecule has 1 unspecified atom stereocenters. The number of nitro groups is 1. The standard InChI is InChI=1S/C11H13F3N2O4S/c1-3-7(2)15-9-5-4-8(6-10(9)16(17)18)21(19,20)11(12,13)14/h4-7,15H,3H2,1-2H3. The quantitative estimate of drug-likeness (QED) is 0.663. The Balaban J connectivity index is 3.37. The van der Waals surface area contributed by atoms with E-state index in [9.17, 15) is 31.7 Å². The number of rotatable bonds is 5. The molecule has 1 N–H and O–H groups in total. The lowest BCUT2D eigenvalue weighted by molar-refractivity contribution is -0.384. The van der Waals surface area contributed by atoms with Crippen molar-refractivity contribution in [2.24, 2.45) is 0 Å². The van der Waals surface area contributed by atoms with Crippen molar-refractivity contribution in [1.29, 1.82) is 0 Å². The highest BCUT2D eigenvalue weighted by Crippen LogP contribution is 2.34. The van der Waals surface area contributed by atoms with Gasteiger partial charge in [-0.2, -0.15) is 13.2 Å². The predicted octanol–water partition coefficient (Wildman–Crippen LogP) is 3.10. The summed E-state index contributed by atoms with van der Waals surface area (Å²) in [6.07, 6.45) is 0.625. The lowest BCUT2D eigenvalue weighted by Crippen LogP contribution is -2.23. The number of nitro benzene ring substituents is 1. The van der Waals surface area contributed by atoms with E-state index >= 15 is 0 Å². The van der Waals surface area contributed by atoms with Crippen LogP contribution in [0.3, 0.4) is 0 Å². The second kappa shape index (κ2) is 5.88. The third kappa shape index (κ3) is 3.63. The molecule has 0 aliphatic heterocycles. The van der Waals surface area contributed by atoms with Crippen LogP contribution in [0.1, 0.15) is 20.3 Å². The Morgan fingerprint density at radius 2 is 1.95 bits per heavy atom. The van der Waals surface area contributed by atoms with Gasteiger partial charge < -0.3 is 5.32 Å². The van der Waals surface area contributed by atoms with Crippen LogP contribution in [0.4, 0.5) is 24.5 Å². The number of hydrogen-bond donors (Lipinski definition) is 1. The first-order chi connectivity index (χ1) is 9.50. The molecule has 0 spiro atoms. The predicted molar refractivity (Wildman–Crippen MR) is 69.7 cm³/mol. The van der Waals surface area contributed by atoms with E-state index in [1.54, 1.807) is 6.92 Å². The third-order valence-electron chi connectivity index (χ3n) is 2.80. The Bertz CT molecular complexity index is 643. The van der Waals surface area contributed by atoms with Crippen LogP contribution in [-0.2, 0) is 9.84 Å². The van der Waals surface area contributed by atoms with Gasteiger partial charge in [-0.15, -0.1) is 0 Å². The first kappa shape index (κ1) is 17.2. The molecule has 0 heterocycles. The van der Waals surface area contributed by atoms with Crippen LogP contribution in [0.5, 0.6) is 0 Å². The van der Waals surface area contributed by atoms with E-state index in [-0.39, 0.29) is 11.7 Å².